The Kier molecular flexibility index (Phi) is 6.56. The van der Waals surface area contributed by atoms with Gasteiger partial charge in [-0.05, 0) is 29.4 Å². The quantitative estimate of drug-likeness (QED) is 0.594. The summed E-state index contributed by atoms with van der Waals surface area (Å²) in [5.74, 6) is -2.07. The summed E-state index contributed by atoms with van der Waals surface area (Å²) in [6, 6.07) is 6.45. The Balaban J connectivity index is 0.000000523. The van der Waals surface area contributed by atoms with Crippen molar-refractivity contribution in [1.82, 2.24) is 0 Å². The van der Waals surface area contributed by atoms with Crippen LogP contribution in [-0.2, 0) is 24.4 Å². The number of aromatic carboxylic acids is 1. The van der Waals surface area contributed by atoms with Gasteiger partial charge in [-0.3, -0.25) is 14.1 Å². The predicted molar refractivity (Wildman–Crippen MR) is 116 cm³/mol. The van der Waals surface area contributed by atoms with Crippen molar-refractivity contribution in [2.24, 2.45) is 5.92 Å². The van der Waals surface area contributed by atoms with Crippen LogP contribution in [0, 0.1) is 5.92 Å². The Morgan fingerprint density at radius 3 is 2.25 bits per heavy atom. The Morgan fingerprint density at radius 1 is 1.03 bits per heavy atom. The van der Waals surface area contributed by atoms with Crippen molar-refractivity contribution in [2.75, 3.05) is 6.26 Å². The molecule has 0 saturated heterocycles. The number of benzene rings is 1. The van der Waals surface area contributed by atoms with E-state index in [0.717, 1.165) is 0 Å². The number of carboxylic acid groups (broad SMARTS) is 1. The van der Waals surface area contributed by atoms with Crippen LogP contribution in [0.2, 0.25) is 0 Å². The second-order valence-corrected chi connectivity index (χ2v) is 9.06. The second-order valence-electron chi connectivity index (χ2n) is 6.78. The molecule has 1 aromatic rings. The molecule has 1 atom stereocenters. The van der Waals surface area contributed by atoms with Crippen LogP contribution in [-0.4, -0.2) is 41.9 Å². The zero-order chi connectivity index (χ0) is 23.8. The molecule has 1 unspecified atom stereocenters. The summed E-state index contributed by atoms with van der Waals surface area (Å²) < 4.78 is 31.6. The minimum atomic E-state index is -3.67. The number of carbonyl (C=O) groups excluding carboxylic acids is 2. The number of allylic oxidation sites excluding steroid dienone is 6. The van der Waals surface area contributed by atoms with E-state index in [0.29, 0.717) is 23.0 Å². The van der Waals surface area contributed by atoms with Gasteiger partial charge in [-0.25, -0.2) is 4.79 Å². The van der Waals surface area contributed by atoms with Crippen LogP contribution in [0.3, 0.4) is 0 Å². The summed E-state index contributed by atoms with van der Waals surface area (Å²) in [7, 11) is -3.67. The van der Waals surface area contributed by atoms with Crippen LogP contribution in [0.5, 0.6) is 0 Å². The number of ether oxygens (including phenoxy) is 1. The standard InChI is InChI=1S/C20H10Cl2O5.CH4O3S/c21-13-5-11-17(7-15(13)23)27-18-8-16(24)14(22)6-12(18)19(11)9-3-1-2-4-10(9)20(25)26;1-5(2,3)4/h1-8,11H,(H,25,26);1H3,(H,2,3,4). The molecular weight excluding hydrogens is 483 g/mol. The summed E-state index contributed by atoms with van der Waals surface area (Å²) >= 11 is 12.1. The maximum absolute atomic E-state index is 12.0. The SMILES string of the molecule is CS(=O)(=O)O.O=C1C=C2OC3=CC(=O)C(Cl)=CC3C(c3ccccc3C(=O)O)=C2C=C1Cl. The van der Waals surface area contributed by atoms with Gasteiger partial charge in [-0.2, -0.15) is 8.42 Å². The fraction of sp³-hybridized carbons (Fsp3) is 0.0952. The van der Waals surface area contributed by atoms with Crippen molar-refractivity contribution in [3.05, 3.63) is 86.9 Å². The number of hydrogen-bond donors (Lipinski definition) is 2. The molecule has 0 saturated carbocycles. The van der Waals surface area contributed by atoms with Crippen molar-refractivity contribution >= 4 is 56.4 Å². The van der Waals surface area contributed by atoms with E-state index in [9.17, 15) is 27.9 Å². The number of hydrogen-bond acceptors (Lipinski definition) is 6. The van der Waals surface area contributed by atoms with Gasteiger partial charge in [0.25, 0.3) is 10.1 Å². The molecule has 0 fully saturated rings. The Bertz CT molecular complexity index is 1300. The lowest BCUT2D eigenvalue weighted by atomic mass is 9.79. The van der Waals surface area contributed by atoms with Crippen molar-refractivity contribution in [1.29, 1.82) is 0 Å². The van der Waals surface area contributed by atoms with Crippen molar-refractivity contribution in [2.45, 2.75) is 0 Å². The molecule has 1 aromatic carbocycles. The smallest absolute Gasteiger partial charge is 0.336 e. The first kappa shape index (κ1) is 23.7. The van der Waals surface area contributed by atoms with E-state index >= 15 is 0 Å². The van der Waals surface area contributed by atoms with Gasteiger partial charge in [0.2, 0.25) is 5.78 Å². The summed E-state index contributed by atoms with van der Waals surface area (Å²) in [6.45, 7) is 0. The molecule has 1 heterocycles. The molecule has 11 heteroatoms. The monoisotopic (exact) mass is 496 g/mol. The van der Waals surface area contributed by atoms with E-state index in [1.54, 1.807) is 18.2 Å². The topological polar surface area (TPSA) is 135 Å². The third kappa shape index (κ3) is 5.08. The number of carbonyl (C=O) groups is 3. The van der Waals surface area contributed by atoms with Crippen molar-refractivity contribution in [3.63, 3.8) is 0 Å². The van der Waals surface area contributed by atoms with Crippen LogP contribution in [0.4, 0.5) is 0 Å². The molecule has 2 aliphatic carbocycles. The van der Waals surface area contributed by atoms with E-state index in [1.807, 2.05) is 0 Å². The summed E-state index contributed by atoms with van der Waals surface area (Å²) in [6.07, 6.45) is 6.14. The van der Waals surface area contributed by atoms with Gasteiger partial charge in [0.1, 0.15) is 11.5 Å². The summed E-state index contributed by atoms with van der Waals surface area (Å²) in [5, 5.41) is 9.59. The normalized spacial score (nSPS) is 19.8. The Labute approximate surface area is 192 Å². The van der Waals surface area contributed by atoms with Gasteiger partial charge in [0.05, 0.1) is 27.8 Å². The van der Waals surface area contributed by atoms with E-state index < -0.39 is 33.6 Å². The lowest BCUT2D eigenvalue weighted by Crippen LogP contribution is -2.24. The lowest BCUT2D eigenvalue weighted by Gasteiger charge is -2.33. The van der Waals surface area contributed by atoms with Crippen molar-refractivity contribution in [3.8, 4) is 0 Å². The van der Waals surface area contributed by atoms with Crippen LogP contribution >= 0.6 is 23.2 Å². The molecule has 2 N–H and O–H groups in total. The van der Waals surface area contributed by atoms with Gasteiger partial charge in [-0.15, -0.1) is 0 Å². The fourth-order valence-corrected chi connectivity index (χ4v) is 3.60. The van der Waals surface area contributed by atoms with E-state index in [1.165, 1.54) is 30.4 Å². The van der Waals surface area contributed by atoms with Gasteiger partial charge < -0.3 is 9.84 Å². The highest BCUT2D eigenvalue weighted by Crippen LogP contribution is 2.47. The third-order valence-electron chi connectivity index (χ3n) is 4.44. The number of ketones is 2. The van der Waals surface area contributed by atoms with Gasteiger partial charge in [-0.1, -0.05) is 41.4 Å². The molecule has 0 aromatic heterocycles. The number of rotatable bonds is 2. The first-order valence-corrected chi connectivity index (χ1v) is 11.4. The maximum Gasteiger partial charge on any atom is 0.336 e. The third-order valence-corrected chi connectivity index (χ3v) is 5.05. The molecule has 0 radical (unpaired) electrons. The number of fused-ring (bicyclic) bond motifs is 2. The average Bonchev–Trinajstić information content (AvgIpc) is 2.67. The van der Waals surface area contributed by atoms with E-state index in [2.05, 4.69) is 0 Å². The minimum Gasteiger partial charge on any atom is -0.478 e. The van der Waals surface area contributed by atoms with Crippen LogP contribution in [0.1, 0.15) is 15.9 Å². The van der Waals surface area contributed by atoms with Crippen LogP contribution in [0.25, 0.3) is 5.57 Å². The number of carboxylic acids is 1. The highest BCUT2D eigenvalue weighted by atomic mass is 35.5. The molecule has 8 nitrogen and oxygen atoms in total. The Hall–Kier alpha value is -2.98. The fourth-order valence-electron chi connectivity index (χ4n) is 3.26. The molecular formula is C21H14Cl2O8S. The predicted octanol–water partition coefficient (Wildman–Crippen LogP) is 3.47. The second kappa shape index (κ2) is 8.87. The molecule has 0 bridgehead atoms. The van der Waals surface area contributed by atoms with Gasteiger partial charge >= 0.3 is 5.97 Å². The van der Waals surface area contributed by atoms with Crippen LogP contribution in [0.15, 0.2) is 75.7 Å². The molecule has 3 aliphatic rings. The first-order valence-electron chi connectivity index (χ1n) is 8.81. The van der Waals surface area contributed by atoms with Crippen LogP contribution < -0.4 is 0 Å². The van der Waals surface area contributed by atoms with Gasteiger partial charge in [0, 0.05) is 17.7 Å². The lowest BCUT2D eigenvalue weighted by molar-refractivity contribution is -0.111. The zero-order valence-corrected chi connectivity index (χ0v) is 18.5. The number of halogens is 2. The maximum atomic E-state index is 12.0. The van der Waals surface area contributed by atoms with E-state index in [4.69, 9.17) is 32.5 Å². The largest absolute Gasteiger partial charge is 0.478 e. The molecule has 4 rings (SSSR count). The zero-order valence-electron chi connectivity index (χ0n) is 16.2. The highest BCUT2D eigenvalue weighted by molar-refractivity contribution is 7.85. The molecule has 0 amide bonds. The average molecular weight is 497 g/mol. The Morgan fingerprint density at radius 2 is 1.62 bits per heavy atom. The highest BCUT2D eigenvalue weighted by Gasteiger charge is 2.37. The van der Waals surface area contributed by atoms with E-state index in [-0.39, 0.29) is 27.1 Å². The van der Waals surface area contributed by atoms with Crippen molar-refractivity contribution < 1.29 is 37.2 Å². The molecule has 0 spiro atoms. The van der Waals surface area contributed by atoms with Gasteiger partial charge in [0.15, 0.2) is 5.78 Å². The molecule has 32 heavy (non-hydrogen) atoms. The minimum absolute atomic E-state index is 0.00708. The molecule has 166 valence electrons. The molecule has 1 aliphatic heterocycles. The summed E-state index contributed by atoms with van der Waals surface area (Å²) in [5.41, 5.74) is 1.53. The summed E-state index contributed by atoms with van der Waals surface area (Å²) in [4.78, 5) is 35.7. The first-order chi connectivity index (χ1) is 14.9.